The first-order valence-corrected chi connectivity index (χ1v) is 9.59. The maximum atomic E-state index is 12.9. The Hall–Kier alpha value is -1.61. The van der Waals surface area contributed by atoms with Crippen LogP contribution < -0.4 is 9.78 Å². The summed E-state index contributed by atoms with van der Waals surface area (Å²) in [6, 6.07) is 19.7. The van der Waals surface area contributed by atoms with Crippen molar-refractivity contribution >= 4 is 31.0 Å². The molecule has 0 bridgehead atoms. The minimum absolute atomic E-state index is 0.0125. The van der Waals surface area contributed by atoms with Crippen LogP contribution in [0, 0.1) is 0 Å². The first-order chi connectivity index (χ1) is 11.0. The van der Waals surface area contributed by atoms with Crippen LogP contribution in [0.15, 0.2) is 60.7 Å². The molecule has 2 aromatic carbocycles. The van der Waals surface area contributed by atoms with E-state index >= 15 is 0 Å². The molecule has 3 nitrogen and oxygen atoms in total. The zero-order valence-corrected chi connectivity index (χ0v) is 15.5. The number of anilines is 1. The van der Waals surface area contributed by atoms with Gasteiger partial charge in [-0.2, -0.15) is 0 Å². The molecule has 0 saturated heterocycles. The Morgan fingerprint density at radius 2 is 1.65 bits per heavy atom. The zero-order valence-electron chi connectivity index (χ0n) is 13.8. The number of hydrogen-bond donors (Lipinski definition) is 1. The van der Waals surface area contributed by atoms with Gasteiger partial charge in [0.2, 0.25) is 0 Å². The van der Waals surface area contributed by atoms with E-state index in [2.05, 4.69) is 17.4 Å². The molecule has 122 valence electrons. The van der Waals surface area contributed by atoms with Crippen LogP contribution >= 0.6 is 0 Å². The third-order valence-corrected chi connectivity index (χ3v) is 6.70. The van der Waals surface area contributed by atoms with Crippen molar-refractivity contribution in [3.8, 4) is 0 Å². The average molecular weight is 376 g/mol. The standard InChI is InChI=1S/C19H23NO2Se/c1-4-22-19(2,3)17(23-16-13-9-6-10-14-16)18(21)20-15-11-7-5-8-12-15/h5-14,17H,4H2,1-3H3,(H,20,21). The molecule has 0 aromatic heterocycles. The summed E-state index contributed by atoms with van der Waals surface area (Å²) in [6.45, 7) is 6.54. The quantitative estimate of drug-likeness (QED) is 0.754. The molecule has 0 saturated carbocycles. The summed E-state index contributed by atoms with van der Waals surface area (Å²) in [7, 11) is 0. The molecule has 0 aliphatic heterocycles. The van der Waals surface area contributed by atoms with E-state index in [1.807, 2.05) is 69.3 Å². The first kappa shape index (κ1) is 17.7. The molecular weight excluding hydrogens is 353 g/mol. The van der Waals surface area contributed by atoms with Gasteiger partial charge in [-0.3, -0.25) is 0 Å². The molecule has 1 amide bonds. The Balaban J connectivity index is 2.20. The fourth-order valence-electron chi connectivity index (χ4n) is 2.32. The van der Waals surface area contributed by atoms with Crippen LogP contribution in [0.3, 0.4) is 0 Å². The summed E-state index contributed by atoms with van der Waals surface area (Å²) >= 11 is -0.0151. The van der Waals surface area contributed by atoms with Crippen LogP contribution in [-0.4, -0.2) is 33.1 Å². The van der Waals surface area contributed by atoms with Gasteiger partial charge in [0.05, 0.1) is 0 Å². The van der Waals surface area contributed by atoms with Crippen molar-refractivity contribution in [3.63, 3.8) is 0 Å². The normalized spacial score (nSPS) is 12.7. The van der Waals surface area contributed by atoms with Gasteiger partial charge in [0.25, 0.3) is 0 Å². The van der Waals surface area contributed by atoms with Gasteiger partial charge in [-0.1, -0.05) is 0 Å². The van der Waals surface area contributed by atoms with Gasteiger partial charge in [0.15, 0.2) is 0 Å². The molecule has 1 unspecified atom stereocenters. The molecule has 23 heavy (non-hydrogen) atoms. The van der Waals surface area contributed by atoms with Crippen molar-refractivity contribution in [1.29, 1.82) is 0 Å². The fourth-order valence-corrected chi connectivity index (χ4v) is 4.64. The Kier molecular flexibility index (Phi) is 6.40. The molecule has 1 atom stereocenters. The molecule has 0 aliphatic rings. The van der Waals surface area contributed by atoms with E-state index < -0.39 is 5.60 Å². The van der Waals surface area contributed by atoms with E-state index in [0.717, 1.165) is 5.69 Å². The van der Waals surface area contributed by atoms with Crippen molar-refractivity contribution in [2.75, 3.05) is 11.9 Å². The molecule has 2 aromatic rings. The summed E-state index contributed by atoms with van der Waals surface area (Å²) in [5.74, 6) is 0.0125. The van der Waals surface area contributed by atoms with Crippen LogP contribution in [-0.2, 0) is 9.53 Å². The second-order valence-electron chi connectivity index (χ2n) is 5.70. The molecule has 4 heteroatoms. The minimum atomic E-state index is -0.510. The van der Waals surface area contributed by atoms with E-state index in [-0.39, 0.29) is 25.7 Å². The molecule has 1 N–H and O–H groups in total. The van der Waals surface area contributed by atoms with Crippen molar-refractivity contribution in [2.45, 2.75) is 31.2 Å². The third-order valence-electron chi connectivity index (χ3n) is 3.42. The molecule has 0 heterocycles. The molecule has 0 radical (unpaired) electrons. The van der Waals surface area contributed by atoms with E-state index in [0.29, 0.717) is 6.61 Å². The number of amides is 1. The van der Waals surface area contributed by atoms with Gasteiger partial charge in [0, 0.05) is 0 Å². The van der Waals surface area contributed by atoms with Crippen molar-refractivity contribution in [2.24, 2.45) is 0 Å². The number of para-hydroxylation sites is 1. The predicted molar refractivity (Wildman–Crippen MR) is 96.4 cm³/mol. The van der Waals surface area contributed by atoms with Gasteiger partial charge in [-0.25, -0.2) is 0 Å². The van der Waals surface area contributed by atoms with Crippen molar-refractivity contribution in [3.05, 3.63) is 60.7 Å². The molecular formula is C19H23NO2Se. The van der Waals surface area contributed by atoms with Gasteiger partial charge in [-0.15, -0.1) is 0 Å². The molecule has 0 aliphatic carbocycles. The second kappa shape index (κ2) is 8.30. The average Bonchev–Trinajstić information content (AvgIpc) is 2.54. The predicted octanol–water partition coefficient (Wildman–Crippen LogP) is 3.26. The first-order valence-electron chi connectivity index (χ1n) is 7.74. The Morgan fingerprint density at radius 3 is 2.22 bits per heavy atom. The van der Waals surface area contributed by atoms with Gasteiger partial charge in [-0.05, 0) is 0 Å². The number of carbonyl (C=O) groups is 1. The molecule has 0 fully saturated rings. The van der Waals surface area contributed by atoms with E-state index in [1.165, 1.54) is 4.46 Å². The van der Waals surface area contributed by atoms with E-state index in [4.69, 9.17) is 4.74 Å². The Morgan fingerprint density at radius 1 is 1.09 bits per heavy atom. The number of ether oxygens (including phenoxy) is 1. The van der Waals surface area contributed by atoms with Crippen LogP contribution in [0.1, 0.15) is 20.8 Å². The third kappa shape index (κ3) is 5.21. The summed E-state index contributed by atoms with van der Waals surface area (Å²) in [5.41, 5.74) is 0.308. The summed E-state index contributed by atoms with van der Waals surface area (Å²) in [6.07, 6.45) is 0. The van der Waals surface area contributed by atoms with Gasteiger partial charge in [0.1, 0.15) is 0 Å². The maximum absolute atomic E-state index is 12.9. The van der Waals surface area contributed by atoms with Crippen LogP contribution in [0.5, 0.6) is 0 Å². The van der Waals surface area contributed by atoms with Gasteiger partial charge >= 0.3 is 144 Å². The van der Waals surface area contributed by atoms with Crippen molar-refractivity contribution < 1.29 is 9.53 Å². The number of rotatable bonds is 7. The molecule has 0 spiro atoms. The van der Waals surface area contributed by atoms with Crippen LogP contribution in [0.25, 0.3) is 0 Å². The monoisotopic (exact) mass is 377 g/mol. The summed E-state index contributed by atoms with van der Waals surface area (Å²) in [5, 5.41) is 3.02. The van der Waals surface area contributed by atoms with Crippen LogP contribution in [0.4, 0.5) is 5.69 Å². The van der Waals surface area contributed by atoms with Gasteiger partial charge < -0.3 is 0 Å². The number of nitrogens with one attached hydrogen (secondary N) is 1. The summed E-state index contributed by atoms with van der Waals surface area (Å²) in [4.78, 5) is 12.7. The number of benzene rings is 2. The van der Waals surface area contributed by atoms with E-state index in [9.17, 15) is 4.79 Å². The second-order valence-corrected chi connectivity index (χ2v) is 8.18. The topological polar surface area (TPSA) is 38.3 Å². The zero-order chi connectivity index (χ0) is 16.7. The van der Waals surface area contributed by atoms with E-state index in [1.54, 1.807) is 0 Å². The number of carbonyl (C=O) groups excluding carboxylic acids is 1. The number of hydrogen-bond acceptors (Lipinski definition) is 2. The van der Waals surface area contributed by atoms with Crippen molar-refractivity contribution in [1.82, 2.24) is 0 Å². The Labute approximate surface area is 144 Å². The van der Waals surface area contributed by atoms with Crippen LogP contribution in [0.2, 0.25) is 4.82 Å². The SMILES string of the molecule is CCOC(C)(C)C([Se]c1ccccc1)C(=O)Nc1ccccc1. The Bertz CT molecular complexity index is 614. The summed E-state index contributed by atoms with van der Waals surface area (Å²) < 4.78 is 7.07. The molecule has 2 rings (SSSR count). The fraction of sp³-hybridized carbons (Fsp3) is 0.316.